The molecule has 0 bridgehead atoms. The average Bonchev–Trinajstić information content (AvgIpc) is 3.52. The summed E-state index contributed by atoms with van der Waals surface area (Å²) in [5.74, 6) is -0.0833. The van der Waals surface area contributed by atoms with Crippen LogP contribution in [0, 0.1) is 0 Å². The molecule has 5 heteroatoms. The van der Waals surface area contributed by atoms with Crippen molar-refractivity contribution in [2.45, 2.75) is 0 Å². The van der Waals surface area contributed by atoms with Crippen molar-refractivity contribution in [3.8, 4) is 67.3 Å². The smallest absolute Gasteiger partial charge is 0.295 e. The lowest BCUT2D eigenvalue weighted by atomic mass is 9.86. The van der Waals surface area contributed by atoms with Gasteiger partial charge in [0, 0.05) is 30.8 Å². The molecule has 2 aromatic heterocycles. The van der Waals surface area contributed by atoms with E-state index >= 15 is 0 Å². The average molecular weight is 727 g/mol. The first-order valence-corrected chi connectivity index (χ1v) is 18.3. The molecular weight excluding hydrogens is 685 g/mol. The van der Waals surface area contributed by atoms with Gasteiger partial charge in [-0.1, -0.05) is 164 Å². The van der Waals surface area contributed by atoms with Crippen LogP contribution in [-0.2, 0) is 14.1 Å². The molecule has 266 valence electrons. The normalized spacial score (nSPS) is 13.0. The van der Waals surface area contributed by atoms with Crippen molar-refractivity contribution in [1.29, 1.82) is 0 Å². The van der Waals surface area contributed by atoms with Gasteiger partial charge in [-0.15, -0.1) is 0 Å². The van der Waals surface area contributed by atoms with Crippen molar-refractivity contribution in [2.24, 2.45) is 14.1 Å². The van der Waals surface area contributed by atoms with E-state index in [1.54, 1.807) is 23.2 Å². The second-order valence-corrected chi connectivity index (χ2v) is 13.8. The number of hydrogen-bond donors (Lipinski definition) is 0. The summed E-state index contributed by atoms with van der Waals surface area (Å²) in [5.41, 5.74) is 9.15. The predicted octanol–water partition coefficient (Wildman–Crippen LogP) is 12.0. The first-order valence-electron chi connectivity index (χ1n) is 21.3. The van der Waals surface area contributed by atoms with Crippen molar-refractivity contribution in [3.63, 3.8) is 0 Å². The van der Waals surface area contributed by atoms with Crippen LogP contribution < -0.4 is 5.69 Å². The molecule has 5 nitrogen and oxygen atoms in total. The van der Waals surface area contributed by atoms with Gasteiger partial charge in [-0.05, 0) is 73.1 Å². The largest absolute Gasteiger partial charge is 0.328 e. The summed E-state index contributed by atoms with van der Waals surface area (Å²) >= 11 is 0. The van der Waals surface area contributed by atoms with Gasteiger partial charge >= 0.3 is 5.69 Å². The molecule has 0 amide bonds. The Morgan fingerprint density at radius 3 is 1.45 bits per heavy atom. The van der Waals surface area contributed by atoms with Crippen LogP contribution in [0.3, 0.4) is 0 Å². The Balaban J connectivity index is 1.13. The predicted molar refractivity (Wildman–Crippen MR) is 231 cm³/mol. The highest BCUT2D eigenvalue weighted by Crippen LogP contribution is 2.44. The Bertz CT molecular complexity index is 3420. The standard InChI is InChI=1S/C51H36N4O/c1-54-46-30-29-39(31-47(46)55(2)51(54)56)33-21-23-34(24-22-33)44-32-45(53-50(52-44)38-15-7-4-8-16-38)35-25-27-37(28-26-35)49-42-19-11-9-17-40(42)48(36-13-5-3-6-14-36)41-18-10-12-20-43(41)49/h3-32H,1-2H3/i4D,7D,8D,15D,16D,32D. The minimum Gasteiger partial charge on any atom is -0.295 e. The molecule has 0 atom stereocenters. The van der Waals surface area contributed by atoms with Crippen molar-refractivity contribution >= 4 is 32.6 Å². The molecule has 0 aliphatic carbocycles. The molecule has 10 rings (SSSR count). The third kappa shape index (κ3) is 5.60. The van der Waals surface area contributed by atoms with E-state index in [0.29, 0.717) is 11.1 Å². The number of benzene rings is 8. The van der Waals surface area contributed by atoms with Crippen LogP contribution in [-0.4, -0.2) is 19.1 Å². The highest BCUT2D eigenvalue weighted by Gasteiger charge is 2.17. The minimum atomic E-state index is -0.516. The molecule has 0 spiro atoms. The summed E-state index contributed by atoms with van der Waals surface area (Å²) in [7, 11) is 3.49. The number of nitrogens with zero attached hydrogens (tertiary/aromatic N) is 4. The van der Waals surface area contributed by atoms with Gasteiger partial charge in [0.15, 0.2) is 5.82 Å². The number of aromatic nitrogens is 4. The first kappa shape index (κ1) is 27.2. The Morgan fingerprint density at radius 2 is 0.893 bits per heavy atom. The van der Waals surface area contributed by atoms with E-state index in [9.17, 15) is 6.17 Å². The number of aryl methyl sites for hydroxylation is 2. The van der Waals surface area contributed by atoms with Gasteiger partial charge < -0.3 is 0 Å². The summed E-state index contributed by atoms with van der Waals surface area (Å²) in [4.78, 5) is 22.2. The Morgan fingerprint density at radius 1 is 0.446 bits per heavy atom. The van der Waals surface area contributed by atoms with Crippen molar-refractivity contribution in [1.82, 2.24) is 19.1 Å². The number of rotatable bonds is 6. The van der Waals surface area contributed by atoms with E-state index < -0.39 is 30.2 Å². The van der Waals surface area contributed by atoms with E-state index in [2.05, 4.69) is 72.8 Å². The summed E-state index contributed by atoms with van der Waals surface area (Å²) in [5, 5.41) is 4.46. The molecule has 56 heavy (non-hydrogen) atoms. The van der Waals surface area contributed by atoms with Crippen molar-refractivity contribution in [2.75, 3.05) is 0 Å². The Kier molecular flexibility index (Phi) is 6.56. The molecule has 0 N–H and O–H groups in total. The molecule has 0 fully saturated rings. The van der Waals surface area contributed by atoms with Crippen molar-refractivity contribution in [3.05, 3.63) is 192 Å². The number of imidazole rings is 1. The van der Waals surface area contributed by atoms with Crippen LogP contribution in [0.2, 0.25) is 0 Å². The van der Waals surface area contributed by atoms with E-state index in [-0.39, 0.29) is 34.5 Å². The highest BCUT2D eigenvalue weighted by molar-refractivity contribution is 6.21. The van der Waals surface area contributed by atoms with Gasteiger partial charge in [0.2, 0.25) is 0 Å². The lowest BCUT2D eigenvalue weighted by molar-refractivity contribution is 0.795. The quantitative estimate of drug-likeness (QED) is 0.160. The SMILES string of the molecule is [2H]c1c(-c2ccc(-c3ccc4c(c3)n(C)c(=O)n4C)cc2)nc(-c2c([2H])c([2H])c([2H])c([2H])c2[2H])nc1-c1ccc(-c2c3ccccc3c(-c3ccccc3)c3ccccc23)cc1. The molecule has 0 aliphatic heterocycles. The second-order valence-electron chi connectivity index (χ2n) is 13.8. The summed E-state index contributed by atoms with van der Waals surface area (Å²) < 4.78 is 55.4. The fourth-order valence-electron chi connectivity index (χ4n) is 7.81. The van der Waals surface area contributed by atoms with Gasteiger partial charge in [-0.25, -0.2) is 14.8 Å². The van der Waals surface area contributed by atoms with Gasteiger partial charge in [0.1, 0.15) is 0 Å². The molecule has 0 aliphatic rings. The molecular formula is C51H36N4O. The van der Waals surface area contributed by atoms with E-state index in [1.165, 1.54) is 5.56 Å². The Labute approximate surface area is 332 Å². The zero-order chi connectivity index (χ0) is 43.0. The third-order valence-corrected chi connectivity index (χ3v) is 10.6. The number of hydrogen-bond acceptors (Lipinski definition) is 3. The van der Waals surface area contributed by atoms with Crippen LogP contribution in [0.25, 0.3) is 99.9 Å². The van der Waals surface area contributed by atoms with Crippen molar-refractivity contribution < 1.29 is 8.22 Å². The van der Waals surface area contributed by atoms with Crippen LogP contribution in [0.4, 0.5) is 0 Å². The van der Waals surface area contributed by atoms with Gasteiger partial charge in [0.25, 0.3) is 0 Å². The lowest BCUT2D eigenvalue weighted by Crippen LogP contribution is -2.19. The highest BCUT2D eigenvalue weighted by atomic mass is 16.1. The number of fused-ring (bicyclic) bond motifs is 3. The first-order chi connectivity index (χ1) is 30.0. The zero-order valence-electron chi connectivity index (χ0n) is 36.6. The van der Waals surface area contributed by atoms with Gasteiger partial charge in [0.05, 0.1) is 30.6 Å². The molecule has 8 aromatic carbocycles. The maximum atomic E-state index is 12.6. The van der Waals surface area contributed by atoms with Crippen LogP contribution in [0.1, 0.15) is 8.22 Å². The molecule has 0 radical (unpaired) electrons. The fourth-order valence-corrected chi connectivity index (χ4v) is 7.81. The van der Waals surface area contributed by atoms with Gasteiger partial charge in [-0.3, -0.25) is 9.13 Å². The topological polar surface area (TPSA) is 52.7 Å². The van der Waals surface area contributed by atoms with E-state index in [1.807, 2.05) is 72.8 Å². The molecule has 0 saturated heterocycles. The zero-order valence-corrected chi connectivity index (χ0v) is 30.6. The molecule has 2 heterocycles. The third-order valence-electron chi connectivity index (χ3n) is 10.6. The maximum Gasteiger partial charge on any atom is 0.328 e. The monoisotopic (exact) mass is 726 g/mol. The van der Waals surface area contributed by atoms with E-state index in [4.69, 9.17) is 16.8 Å². The van der Waals surface area contributed by atoms with Crippen LogP contribution in [0.5, 0.6) is 0 Å². The second kappa shape index (κ2) is 13.5. The fraction of sp³-hybridized carbons (Fsp3) is 0.0392. The van der Waals surface area contributed by atoms with Crippen LogP contribution >= 0.6 is 0 Å². The summed E-state index contributed by atoms with van der Waals surface area (Å²) in [6, 6.07) is 46.1. The lowest BCUT2D eigenvalue weighted by Gasteiger charge is -2.18. The summed E-state index contributed by atoms with van der Waals surface area (Å²) in [6.07, 6.45) is 0. The molecule has 0 unspecified atom stereocenters. The van der Waals surface area contributed by atoms with E-state index in [0.717, 1.165) is 60.4 Å². The van der Waals surface area contributed by atoms with Crippen LogP contribution in [0.15, 0.2) is 187 Å². The minimum absolute atomic E-state index is 0.0189. The Hall–Kier alpha value is -7.37. The molecule has 10 aromatic rings. The van der Waals surface area contributed by atoms with Gasteiger partial charge in [-0.2, -0.15) is 0 Å². The molecule has 0 saturated carbocycles. The summed E-state index contributed by atoms with van der Waals surface area (Å²) in [6.45, 7) is 0. The maximum absolute atomic E-state index is 12.6.